The van der Waals surface area contributed by atoms with Crippen LogP contribution in [0.4, 0.5) is 4.79 Å². The van der Waals surface area contributed by atoms with Crippen molar-refractivity contribution >= 4 is 6.09 Å². The van der Waals surface area contributed by atoms with Crippen LogP contribution in [0.5, 0.6) is 0 Å². The molecule has 0 aromatic carbocycles. The normalized spacial score (nSPS) is 12.5. The second kappa shape index (κ2) is 4.90. The minimum absolute atomic E-state index is 0.367. The highest BCUT2D eigenvalue weighted by molar-refractivity contribution is 5.67. The van der Waals surface area contributed by atoms with Crippen LogP contribution in [-0.4, -0.2) is 18.2 Å². The number of allylic oxidation sites excluding steroid dienone is 1. The molecule has 0 aliphatic rings. The summed E-state index contributed by atoms with van der Waals surface area (Å²) in [6.07, 6.45) is 1.59. The first-order chi connectivity index (χ1) is 5.85. The Morgan fingerprint density at radius 2 is 2.00 bits per heavy atom. The van der Waals surface area contributed by atoms with Gasteiger partial charge < -0.3 is 10.1 Å². The Balaban J connectivity index is 3.77. The van der Waals surface area contributed by atoms with E-state index in [0.717, 1.165) is 5.57 Å². The van der Waals surface area contributed by atoms with Crippen LogP contribution in [0.25, 0.3) is 0 Å². The van der Waals surface area contributed by atoms with Crippen molar-refractivity contribution in [1.82, 2.24) is 5.32 Å². The lowest BCUT2D eigenvalue weighted by Gasteiger charge is -2.19. The fourth-order valence-corrected chi connectivity index (χ4v) is 0.628. The van der Waals surface area contributed by atoms with Crippen LogP contribution in [0.2, 0.25) is 0 Å². The molecule has 0 saturated heterocycles. The Morgan fingerprint density at radius 1 is 1.46 bits per heavy atom. The first kappa shape index (κ1) is 12.0. The first-order valence-electron chi connectivity index (χ1n) is 4.44. The SMILES string of the molecule is C/C=C(\C)CNC(=O)OC(C)(C)C. The van der Waals surface area contributed by atoms with E-state index >= 15 is 0 Å². The Hall–Kier alpha value is -0.990. The van der Waals surface area contributed by atoms with Gasteiger partial charge in [-0.25, -0.2) is 4.79 Å². The van der Waals surface area contributed by atoms with Crippen molar-refractivity contribution in [2.75, 3.05) is 6.54 Å². The van der Waals surface area contributed by atoms with Crippen molar-refractivity contribution in [3.05, 3.63) is 11.6 Å². The maximum atomic E-state index is 11.1. The van der Waals surface area contributed by atoms with E-state index in [9.17, 15) is 4.79 Å². The van der Waals surface area contributed by atoms with Gasteiger partial charge in [-0.2, -0.15) is 0 Å². The number of ether oxygens (including phenoxy) is 1. The highest BCUT2D eigenvalue weighted by Crippen LogP contribution is 2.06. The molecule has 0 atom stereocenters. The van der Waals surface area contributed by atoms with Crippen LogP contribution in [0, 0.1) is 0 Å². The van der Waals surface area contributed by atoms with Gasteiger partial charge in [-0.1, -0.05) is 11.6 Å². The van der Waals surface area contributed by atoms with Gasteiger partial charge in [0, 0.05) is 6.54 Å². The predicted octanol–water partition coefficient (Wildman–Crippen LogP) is 2.48. The van der Waals surface area contributed by atoms with Gasteiger partial charge in [0.05, 0.1) is 0 Å². The molecule has 0 rings (SSSR count). The molecule has 0 saturated carbocycles. The highest BCUT2D eigenvalue weighted by atomic mass is 16.6. The topological polar surface area (TPSA) is 38.3 Å². The van der Waals surface area contributed by atoms with Crippen molar-refractivity contribution in [3.8, 4) is 0 Å². The van der Waals surface area contributed by atoms with Crippen molar-refractivity contribution in [3.63, 3.8) is 0 Å². The molecule has 0 fully saturated rings. The number of carbonyl (C=O) groups excluding carboxylic acids is 1. The zero-order valence-corrected chi connectivity index (χ0v) is 9.10. The van der Waals surface area contributed by atoms with Crippen LogP contribution < -0.4 is 5.32 Å². The minimum Gasteiger partial charge on any atom is -0.444 e. The van der Waals surface area contributed by atoms with E-state index < -0.39 is 5.60 Å². The molecule has 1 amide bonds. The van der Waals surface area contributed by atoms with Gasteiger partial charge in [0.2, 0.25) is 0 Å². The second-order valence-electron chi connectivity index (χ2n) is 3.99. The Labute approximate surface area is 80.2 Å². The third kappa shape index (κ3) is 7.37. The van der Waals surface area contributed by atoms with Crippen LogP contribution in [0.3, 0.4) is 0 Å². The summed E-state index contributed by atoms with van der Waals surface area (Å²) in [5.41, 5.74) is 0.694. The van der Waals surface area contributed by atoms with Gasteiger partial charge in [0.15, 0.2) is 0 Å². The number of amides is 1. The quantitative estimate of drug-likeness (QED) is 0.671. The minimum atomic E-state index is -0.423. The summed E-state index contributed by atoms with van der Waals surface area (Å²) in [6.45, 7) is 9.97. The molecule has 0 aliphatic heterocycles. The van der Waals surface area contributed by atoms with Crippen LogP contribution in [0.15, 0.2) is 11.6 Å². The van der Waals surface area contributed by atoms with Gasteiger partial charge in [0.25, 0.3) is 0 Å². The zero-order chi connectivity index (χ0) is 10.5. The summed E-state index contributed by atoms with van der Waals surface area (Å²) < 4.78 is 5.06. The monoisotopic (exact) mass is 185 g/mol. The van der Waals surface area contributed by atoms with Crippen molar-refractivity contribution < 1.29 is 9.53 Å². The fourth-order valence-electron chi connectivity index (χ4n) is 0.628. The summed E-state index contributed by atoms with van der Waals surface area (Å²) in [5.74, 6) is 0. The molecule has 0 unspecified atom stereocenters. The lowest BCUT2D eigenvalue weighted by Crippen LogP contribution is -2.33. The molecule has 13 heavy (non-hydrogen) atoms. The number of hydrogen-bond donors (Lipinski definition) is 1. The van der Waals surface area contributed by atoms with Crippen LogP contribution in [0.1, 0.15) is 34.6 Å². The third-order valence-corrected chi connectivity index (χ3v) is 1.40. The largest absolute Gasteiger partial charge is 0.444 e. The zero-order valence-electron chi connectivity index (χ0n) is 9.10. The van der Waals surface area contributed by atoms with Crippen molar-refractivity contribution in [2.45, 2.75) is 40.2 Å². The summed E-state index contributed by atoms with van der Waals surface area (Å²) in [5, 5.41) is 2.66. The van der Waals surface area contributed by atoms with Crippen molar-refractivity contribution in [1.29, 1.82) is 0 Å². The van der Waals surface area contributed by atoms with E-state index in [0.29, 0.717) is 6.54 Å². The predicted molar refractivity (Wildman–Crippen MR) is 53.7 cm³/mol. The summed E-state index contributed by atoms with van der Waals surface area (Å²) in [6, 6.07) is 0. The van der Waals surface area contributed by atoms with Gasteiger partial charge in [-0.3, -0.25) is 0 Å². The maximum Gasteiger partial charge on any atom is 0.407 e. The van der Waals surface area contributed by atoms with E-state index in [1.807, 2.05) is 40.7 Å². The number of rotatable bonds is 2. The number of nitrogens with one attached hydrogen (secondary N) is 1. The molecule has 0 bridgehead atoms. The average molecular weight is 185 g/mol. The summed E-state index contributed by atoms with van der Waals surface area (Å²) in [7, 11) is 0. The smallest absolute Gasteiger partial charge is 0.407 e. The molecule has 3 nitrogen and oxygen atoms in total. The van der Waals surface area contributed by atoms with Crippen LogP contribution in [-0.2, 0) is 4.74 Å². The Morgan fingerprint density at radius 3 is 2.38 bits per heavy atom. The molecular weight excluding hydrogens is 166 g/mol. The highest BCUT2D eigenvalue weighted by Gasteiger charge is 2.15. The molecule has 0 radical (unpaired) electrons. The van der Waals surface area contributed by atoms with Gasteiger partial charge in [-0.05, 0) is 34.6 Å². The number of hydrogen-bond acceptors (Lipinski definition) is 2. The van der Waals surface area contributed by atoms with Crippen LogP contribution >= 0.6 is 0 Å². The second-order valence-corrected chi connectivity index (χ2v) is 3.99. The van der Waals surface area contributed by atoms with Gasteiger partial charge in [0.1, 0.15) is 5.60 Å². The van der Waals surface area contributed by atoms with Crippen molar-refractivity contribution in [2.24, 2.45) is 0 Å². The maximum absolute atomic E-state index is 11.1. The Kier molecular flexibility index (Phi) is 4.52. The summed E-state index contributed by atoms with van der Waals surface area (Å²) >= 11 is 0. The first-order valence-corrected chi connectivity index (χ1v) is 4.44. The molecule has 0 aliphatic carbocycles. The molecule has 0 aromatic rings. The van der Waals surface area contributed by atoms with E-state index in [4.69, 9.17) is 4.74 Å². The summed E-state index contributed by atoms with van der Waals surface area (Å²) in [4.78, 5) is 11.1. The standard InChI is InChI=1S/C10H19NO2/c1-6-8(2)7-11-9(12)13-10(3,4)5/h6H,7H2,1-5H3,(H,11,12)/b8-6+. The molecule has 0 aromatic heterocycles. The van der Waals surface area contributed by atoms with Gasteiger partial charge in [-0.15, -0.1) is 0 Å². The van der Waals surface area contributed by atoms with E-state index in [2.05, 4.69) is 5.32 Å². The average Bonchev–Trinajstić information content (AvgIpc) is 1.97. The molecule has 0 heterocycles. The molecule has 1 N–H and O–H groups in total. The molecule has 3 heteroatoms. The lowest BCUT2D eigenvalue weighted by molar-refractivity contribution is 0.0532. The van der Waals surface area contributed by atoms with E-state index in [1.54, 1.807) is 0 Å². The fraction of sp³-hybridized carbons (Fsp3) is 0.700. The van der Waals surface area contributed by atoms with Gasteiger partial charge >= 0.3 is 6.09 Å². The number of carbonyl (C=O) groups is 1. The molecule has 0 spiro atoms. The molecule has 76 valence electrons. The molecular formula is C10H19NO2. The van der Waals surface area contributed by atoms with E-state index in [-0.39, 0.29) is 6.09 Å². The Bertz CT molecular complexity index is 201. The van der Waals surface area contributed by atoms with E-state index in [1.165, 1.54) is 0 Å². The lowest BCUT2D eigenvalue weighted by atomic mass is 10.2. The number of alkyl carbamates (subject to hydrolysis) is 1. The third-order valence-electron chi connectivity index (χ3n) is 1.40.